The average Bonchev–Trinajstić information content (AvgIpc) is 2.05. The predicted molar refractivity (Wildman–Crippen MR) is 40.2 cm³/mol. The van der Waals surface area contributed by atoms with Crippen molar-refractivity contribution in [1.82, 2.24) is 0 Å². The van der Waals surface area contributed by atoms with E-state index in [0.717, 1.165) is 5.56 Å². The van der Waals surface area contributed by atoms with Crippen molar-refractivity contribution in [2.75, 3.05) is 0 Å². The van der Waals surface area contributed by atoms with E-state index in [4.69, 9.17) is 0 Å². The Kier molecular flexibility index (Phi) is 2.46. The van der Waals surface area contributed by atoms with Crippen LogP contribution in [0.5, 0.6) is 0 Å². The zero-order valence-electron chi connectivity index (χ0n) is 6.08. The largest absolute Gasteiger partial charge is 0.228 e. The van der Waals surface area contributed by atoms with Crippen molar-refractivity contribution in [3.8, 4) is 0 Å². The van der Waals surface area contributed by atoms with Gasteiger partial charge < -0.3 is 0 Å². The number of rotatable bonds is 2. The number of benzene rings is 1. The Morgan fingerprint density at radius 2 is 1.90 bits per heavy atom. The van der Waals surface area contributed by atoms with Gasteiger partial charge in [0, 0.05) is 0 Å². The van der Waals surface area contributed by atoms with E-state index >= 15 is 0 Å². The van der Waals surface area contributed by atoms with E-state index in [-0.39, 0.29) is 0 Å². The Balaban J connectivity index is 2.75. The molecule has 1 atom stereocenters. The first-order chi connectivity index (χ1) is 4.84. The van der Waals surface area contributed by atoms with Crippen molar-refractivity contribution >= 4 is 0 Å². The molecule has 0 aromatic heterocycles. The van der Waals surface area contributed by atoms with Crippen LogP contribution in [0, 0.1) is 0 Å². The summed E-state index contributed by atoms with van der Waals surface area (Å²) in [5, 5.41) is 11.1. The maximum absolute atomic E-state index is 11.1. The fraction of sp³-hybridized carbons (Fsp3) is 0.333. The van der Waals surface area contributed by atoms with E-state index in [1.807, 2.05) is 37.3 Å². The SMILES string of the molecule is CCC([O])c1ccccc1. The van der Waals surface area contributed by atoms with Crippen LogP contribution in [0.25, 0.3) is 0 Å². The Morgan fingerprint density at radius 1 is 1.30 bits per heavy atom. The van der Waals surface area contributed by atoms with Gasteiger partial charge in [-0.25, -0.2) is 5.11 Å². The van der Waals surface area contributed by atoms with Crippen molar-refractivity contribution < 1.29 is 5.11 Å². The van der Waals surface area contributed by atoms with E-state index in [1.165, 1.54) is 0 Å². The minimum absolute atomic E-state index is 0.541. The van der Waals surface area contributed by atoms with E-state index in [2.05, 4.69) is 0 Å². The van der Waals surface area contributed by atoms with Crippen LogP contribution in [0.15, 0.2) is 30.3 Å². The fourth-order valence-corrected chi connectivity index (χ4v) is 0.903. The smallest absolute Gasteiger partial charge is 0.118 e. The summed E-state index contributed by atoms with van der Waals surface area (Å²) >= 11 is 0. The van der Waals surface area contributed by atoms with Gasteiger partial charge in [0.2, 0.25) is 0 Å². The molecule has 0 aliphatic heterocycles. The lowest BCUT2D eigenvalue weighted by atomic mass is 10.1. The first-order valence-corrected chi connectivity index (χ1v) is 3.55. The van der Waals surface area contributed by atoms with Gasteiger partial charge in [0.05, 0.1) is 0 Å². The maximum atomic E-state index is 11.1. The molecule has 0 fully saturated rings. The zero-order valence-corrected chi connectivity index (χ0v) is 6.08. The molecule has 0 bridgehead atoms. The molecule has 1 aromatic carbocycles. The Bertz CT molecular complexity index is 181. The Labute approximate surface area is 61.3 Å². The lowest BCUT2D eigenvalue weighted by Crippen LogP contribution is -1.91. The highest BCUT2D eigenvalue weighted by Crippen LogP contribution is 2.15. The summed E-state index contributed by atoms with van der Waals surface area (Å²) in [5.74, 6) is 0. The molecule has 0 saturated heterocycles. The summed E-state index contributed by atoms with van der Waals surface area (Å²) in [7, 11) is 0. The van der Waals surface area contributed by atoms with E-state index in [9.17, 15) is 5.11 Å². The first kappa shape index (κ1) is 7.29. The second-order valence-electron chi connectivity index (χ2n) is 2.31. The van der Waals surface area contributed by atoms with Gasteiger partial charge >= 0.3 is 0 Å². The molecule has 1 nitrogen and oxygen atoms in total. The molecule has 1 heteroatoms. The third-order valence-corrected chi connectivity index (χ3v) is 1.54. The molecule has 0 spiro atoms. The molecule has 0 amide bonds. The summed E-state index contributed by atoms with van der Waals surface area (Å²) in [4.78, 5) is 0. The molecule has 53 valence electrons. The molecular formula is C9H11O. The van der Waals surface area contributed by atoms with Crippen LogP contribution in [0.1, 0.15) is 25.0 Å². The van der Waals surface area contributed by atoms with Crippen LogP contribution in [0.2, 0.25) is 0 Å². The normalized spacial score (nSPS) is 13.0. The molecular weight excluding hydrogens is 124 g/mol. The quantitative estimate of drug-likeness (QED) is 0.594. The summed E-state index contributed by atoms with van der Waals surface area (Å²) < 4.78 is 0. The molecule has 1 rings (SSSR count). The van der Waals surface area contributed by atoms with Gasteiger partial charge in [0.1, 0.15) is 6.10 Å². The van der Waals surface area contributed by atoms with Crippen molar-refractivity contribution in [1.29, 1.82) is 0 Å². The lowest BCUT2D eigenvalue weighted by Gasteiger charge is -2.02. The van der Waals surface area contributed by atoms with Crippen molar-refractivity contribution in [3.05, 3.63) is 35.9 Å². The van der Waals surface area contributed by atoms with Crippen LogP contribution >= 0.6 is 0 Å². The van der Waals surface area contributed by atoms with Gasteiger partial charge in [-0.05, 0) is 12.0 Å². The fourth-order valence-electron chi connectivity index (χ4n) is 0.903. The monoisotopic (exact) mass is 135 g/mol. The summed E-state index contributed by atoms with van der Waals surface area (Å²) in [6.07, 6.45) is 0.130. The van der Waals surface area contributed by atoms with Gasteiger partial charge in [0.25, 0.3) is 0 Å². The highest BCUT2D eigenvalue weighted by molar-refractivity contribution is 5.16. The number of hydrogen-bond donors (Lipinski definition) is 0. The number of hydrogen-bond acceptors (Lipinski definition) is 0. The first-order valence-electron chi connectivity index (χ1n) is 3.55. The second kappa shape index (κ2) is 3.37. The predicted octanol–water partition coefficient (Wildman–Crippen LogP) is 2.57. The summed E-state index contributed by atoms with van der Waals surface area (Å²) in [6.45, 7) is 1.91. The van der Waals surface area contributed by atoms with Crippen LogP contribution in [0.4, 0.5) is 0 Å². The van der Waals surface area contributed by atoms with Crippen molar-refractivity contribution in [2.45, 2.75) is 19.4 Å². The molecule has 1 unspecified atom stereocenters. The van der Waals surface area contributed by atoms with Crippen LogP contribution in [-0.2, 0) is 5.11 Å². The highest BCUT2D eigenvalue weighted by Gasteiger charge is 2.03. The average molecular weight is 135 g/mol. The summed E-state index contributed by atoms with van der Waals surface area (Å²) in [6, 6.07) is 9.47. The molecule has 0 N–H and O–H groups in total. The zero-order chi connectivity index (χ0) is 7.40. The molecule has 10 heavy (non-hydrogen) atoms. The van der Waals surface area contributed by atoms with Gasteiger partial charge in [-0.3, -0.25) is 0 Å². The minimum Gasteiger partial charge on any atom is -0.228 e. The van der Waals surface area contributed by atoms with E-state index in [0.29, 0.717) is 6.42 Å². The molecule has 0 aliphatic carbocycles. The molecule has 0 saturated carbocycles. The lowest BCUT2D eigenvalue weighted by molar-refractivity contribution is 0.0857. The topological polar surface area (TPSA) is 19.9 Å². The second-order valence-corrected chi connectivity index (χ2v) is 2.31. The van der Waals surface area contributed by atoms with Gasteiger partial charge in [0.15, 0.2) is 0 Å². The Hall–Kier alpha value is -0.820. The van der Waals surface area contributed by atoms with Crippen LogP contribution in [-0.4, -0.2) is 0 Å². The standard InChI is InChI=1S/C9H11O/c1-2-9(10)8-6-4-3-5-7-8/h3-7,9H,2H2,1H3. The Morgan fingerprint density at radius 3 is 2.40 bits per heavy atom. The maximum Gasteiger partial charge on any atom is 0.118 e. The molecule has 0 aliphatic rings. The van der Waals surface area contributed by atoms with Crippen molar-refractivity contribution in [2.24, 2.45) is 0 Å². The van der Waals surface area contributed by atoms with Crippen molar-refractivity contribution in [3.63, 3.8) is 0 Å². The molecule has 1 aromatic rings. The third-order valence-electron chi connectivity index (χ3n) is 1.54. The molecule has 0 heterocycles. The van der Waals surface area contributed by atoms with E-state index < -0.39 is 6.10 Å². The van der Waals surface area contributed by atoms with Crippen LogP contribution < -0.4 is 0 Å². The summed E-state index contributed by atoms with van der Waals surface area (Å²) in [5.41, 5.74) is 0.894. The van der Waals surface area contributed by atoms with Gasteiger partial charge in [-0.15, -0.1) is 0 Å². The van der Waals surface area contributed by atoms with E-state index in [1.54, 1.807) is 0 Å². The molecule has 1 radical (unpaired) electrons. The third kappa shape index (κ3) is 1.58. The highest BCUT2D eigenvalue weighted by atomic mass is 16.3. The van der Waals surface area contributed by atoms with Crippen LogP contribution in [0.3, 0.4) is 0 Å². The van der Waals surface area contributed by atoms with Gasteiger partial charge in [-0.2, -0.15) is 0 Å². The minimum atomic E-state index is -0.541. The van der Waals surface area contributed by atoms with Gasteiger partial charge in [-0.1, -0.05) is 37.3 Å².